The van der Waals surface area contributed by atoms with E-state index in [1.54, 1.807) is 11.8 Å². The van der Waals surface area contributed by atoms with Crippen LogP contribution in [-0.4, -0.2) is 6.54 Å². The molecule has 0 unspecified atom stereocenters. The fraction of sp³-hybridized carbons (Fsp3) is 0.333. The molecular weight excluding hydrogens is 381 g/mol. The van der Waals surface area contributed by atoms with Crippen molar-refractivity contribution in [3.05, 3.63) is 83.4 Å². The van der Waals surface area contributed by atoms with Crippen LogP contribution in [0, 0.1) is 5.92 Å². The Morgan fingerprint density at radius 2 is 1.43 bits per heavy atom. The molecule has 0 aliphatic carbocycles. The zero-order valence-corrected chi connectivity index (χ0v) is 18.5. The summed E-state index contributed by atoms with van der Waals surface area (Å²) in [6.45, 7) is 5.26. The van der Waals surface area contributed by atoms with Crippen molar-refractivity contribution in [1.29, 1.82) is 0 Å². The molecule has 2 aromatic rings. The van der Waals surface area contributed by atoms with Gasteiger partial charge in [0.05, 0.1) is 0 Å². The van der Waals surface area contributed by atoms with Crippen molar-refractivity contribution in [3.8, 4) is 0 Å². The Labute approximate surface area is 174 Å². The molecule has 148 valence electrons. The summed E-state index contributed by atoms with van der Waals surface area (Å²) in [7, 11) is -2.75. The van der Waals surface area contributed by atoms with E-state index in [-0.39, 0.29) is 0 Å². The second-order valence-electron chi connectivity index (χ2n) is 7.31. The molecule has 4 heteroatoms. The van der Waals surface area contributed by atoms with Crippen molar-refractivity contribution in [2.45, 2.75) is 39.5 Å². The normalized spacial score (nSPS) is 16.9. The van der Waals surface area contributed by atoms with Gasteiger partial charge in [0.2, 0.25) is 0 Å². The van der Waals surface area contributed by atoms with Crippen molar-refractivity contribution in [3.63, 3.8) is 0 Å². The fourth-order valence-electron chi connectivity index (χ4n) is 3.33. The average molecular weight is 412 g/mol. The van der Waals surface area contributed by atoms with Crippen LogP contribution in [0.4, 0.5) is 0 Å². The highest BCUT2D eigenvalue weighted by atomic mass is 32.2. The molecule has 0 radical (unpaired) electrons. The molecule has 0 saturated carbocycles. The van der Waals surface area contributed by atoms with Crippen LogP contribution >= 0.6 is 19.1 Å². The molecule has 1 aliphatic heterocycles. The second-order valence-corrected chi connectivity index (χ2v) is 10.6. The number of thioether (sulfide) groups is 1. The van der Waals surface area contributed by atoms with Gasteiger partial charge >= 0.3 is 0 Å². The van der Waals surface area contributed by atoms with Crippen molar-refractivity contribution in [2.24, 2.45) is 5.92 Å². The highest BCUT2D eigenvalue weighted by Gasteiger charge is 2.26. The van der Waals surface area contributed by atoms with E-state index in [0.717, 1.165) is 33.9 Å². The van der Waals surface area contributed by atoms with Gasteiger partial charge in [-0.2, -0.15) is 0 Å². The lowest BCUT2D eigenvalue weighted by atomic mass is 10.00. The second kappa shape index (κ2) is 10.3. The number of benzene rings is 2. The SMILES string of the molecule is CCCC[C@@H](CC)CNP1(=O)C=C(c2ccccc2)SC(c2ccccc2)=C1. The summed E-state index contributed by atoms with van der Waals surface area (Å²) >= 11 is 1.70. The van der Waals surface area contributed by atoms with Gasteiger partial charge in [-0.05, 0) is 23.5 Å². The van der Waals surface area contributed by atoms with E-state index in [1.807, 2.05) is 48.0 Å². The first-order valence-corrected chi connectivity index (χ1v) is 12.9. The lowest BCUT2D eigenvalue weighted by Gasteiger charge is -2.24. The van der Waals surface area contributed by atoms with E-state index < -0.39 is 7.29 Å². The molecule has 1 aliphatic rings. The van der Waals surface area contributed by atoms with Gasteiger partial charge in [-0.1, -0.05) is 106 Å². The topological polar surface area (TPSA) is 29.1 Å². The number of hydrogen-bond acceptors (Lipinski definition) is 2. The van der Waals surface area contributed by atoms with Gasteiger partial charge in [-0.15, -0.1) is 0 Å². The molecule has 1 N–H and O–H groups in total. The molecule has 3 rings (SSSR count). The van der Waals surface area contributed by atoms with E-state index >= 15 is 0 Å². The fourth-order valence-corrected chi connectivity index (χ4v) is 7.24. The van der Waals surface area contributed by atoms with E-state index in [4.69, 9.17) is 0 Å². The van der Waals surface area contributed by atoms with Crippen LogP contribution in [0.5, 0.6) is 0 Å². The van der Waals surface area contributed by atoms with Crippen LogP contribution in [0.1, 0.15) is 50.7 Å². The molecule has 0 spiro atoms. The molecule has 28 heavy (non-hydrogen) atoms. The maximum atomic E-state index is 13.8. The quantitative estimate of drug-likeness (QED) is 0.427. The molecule has 0 saturated heterocycles. The zero-order valence-electron chi connectivity index (χ0n) is 16.8. The van der Waals surface area contributed by atoms with Crippen molar-refractivity contribution in [1.82, 2.24) is 5.09 Å². The first kappa shape index (κ1) is 21.2. The third kappa shape index (κ3) is 5.73. The molecule has 0 fully saturated rings. The molecule has 0 amide bonds. The number of unbranched alkanes of at least 4 members (excludes halogenated alkanes) is 1. The number of hydrogen-bond donors (Lipinski definition) is 1. The highest BCUT2D eigenvalue weighted by Crippen LogP contribution is 2.58. The van der Waals surface area contributed by atoms with Crippen LogP contribution in [0.2, 0.25) is 0 Å². The van der Waals surface area contributed by atoms with Gasteiger partial charge in [-0.25, -0.2) is 0 Å². The Balaban J connectivity index is 1.88. The zero-order chi connectivity index (χ0) is 19.8. The van der Waals surface area contributed by atoms with Crippen molar-refractivity contribution < 1.29 is 4.57 Å². The number of rotatable bonds is 9. The monoisotopic (exact) mass is 411 g/mol. The van der Waals surface area contributed by atoms with E-state index in [2.05, 4.69) is 43.2 Å². The Morgan fingerprint density at radius 3 is 1.89 bits per heavy atom. The third-order valence-corrected chi connectivity index (χ3v) is 8.58. The standard InChI is InChI=1S/C24H30NOPS/c1-3-5-12-20(4-2)17-25-27(26)18-23(21-13-8-6-9-14-21)28-24(19-27)22-15-10-7-11-16-22/h6-11,13-16,18-20H,3-5,12,17H2,1-2H3,(H,25,26)/t20-/m1/s1. The summed E-state index contributed by atoms with van der Waals surface area (Å²) < 4.78 is 13.8. The smallest absolute Gasteiger partial charge is 0.192 e. The van der Waals surface area contributed by atoms with Gasteiger partial charge in [0.15, 0.2) is 7.29 Å². The van der Waals surface area contributed by atoms with Gasteiger partial charge in [-0.3, -0.25) is 9.65 Å². The summed E-state index contributed by atoms with van der Waals surface area (Å²) in [6.07, 6.45) is 4.75. The molecule has 0 bridgehead atoms. The maximum absolute atomic E-state index is 13.8. The molecule has 0 aromatic heterocycles. The Hall–Kier alpha value is -1.54. The molecule has 1 heterocycles. The van der Waals surface area contributed by atoms with Gasteiger partial charge in [0.25, 0.3) is 0 Å². The van der Waals surface area contributed by atoms with Crippen LogP contribution in [0.3, 0.4) is 0 Å². The van der Waals surface area contributed by atoms with Gasteiger partial charge < -0.3 is 0 Å². The minimum Gasteiger partial charge on any atom is -0.298 e. The number of nitrogens with one attached hydrogen (secondary N) is 1. The van der Waals surface area contributed by atoms with E-state index in [0.29, 0.717) is 5.92 Å². The van der Waals surface area contributed by atoms with Crippen LogP contribution in [-0.2, 0) is 4.57 Å². The molecule has 2 aromatic carbocycles. The molecule has 1 atom stereocenters. The third-order valence-electron chi connectivity index (χ3n) is 5.12. The molecular formula is C24H30NOPS. The average Bonchev–Trinajstić information content (AvgIpc) is 2.75. The first-order chi connectivity index (χ1) is 13.6. The minimum absolute atomic E-state index is 0.572. The summed E-state index contributed by atoms with van der Waals surface area (Å²) in [5, 5.41) is 3.45. The summed E-state index contributed by atoms with van der Waals surface area (Å²) in [5.41, 5.74) is 2.24. The Kier molecular flexibility index (Phi) is 7.79. The van der Waals surface area contributed by atoms with Crippen LogP contribution in [0.15, 0.2) is 72.3 Å². The van der Waals surface area contributed by atoms with Crippen LogP contribution in [0.25, 0.3) is 9.81 Å². The van der Waals surface area contributed by atoms with E-state index in [1.165, 1.54) is 19.3 Å². The van der Waals surface area contributed by atoms with Crippen molar-refractivity contribution in [2.75, 3.05) is 6.54 Å². The summed E-state index contributed by atoms with van der Waals surface area (Å²) in [6, 6.07) is 20.5. The van der Waals surface area contributed by atoms with Gasteiger partial charge in [0, 0.05) is 28.0 Å². The Bertz CT molecular complexity index is 801. The minimum atomic E-state index is -2.75. The lowest BCUT2D eigenvalue weighted by molar-refractivity contribution is 0.445. The predicted molar refractivity (Wildman–Crippen MR) is 125 cm³/mol. The van der Waals surface area contributed by atoms with E-state index in [9.17, 15) is 4.57 Å². The van der Waals surface area contributed by atoms with Crippen molar-refractivity contribution >= 4 is 28.9 Å². The highest BCUT2D eigenvalue weighted by molar-refractivity contribution is 8.17. The first-order valence-electron chi connectivity index (χ1n) is 10.2. The maximum Gasteiger partial charge on any atom is 0.192 e. The summed E-state index contributed by atoms with van der Waals surface area (Å²) in [4.78, 5) is 2.14. The summed E-state index contributed by atoms with van der Waals surface area (Å²) in [5.74, 6) is 4.50. The van der Waals surface area contributed by atoms with Crippen LogP contribution < -0.4 is 5.09 Å². The predicted octanol–water partition coefficient (Wildman–Crippen LogP) is 7.81. The Morgan fingerprint density at radius 1 is 0.893 bits per heavy atom. The largest absolute Gasteiger partial charge is 0.298 e. The molecule has 2 nitrogen and oxygen atoms in total. The van der Waals surface area contributed by atoms with Gasteiger partial charge in [0.1, 0.15) is 0 Å². The lowest BCUT2D eigenvalue weighted by Crippen LogP contribution is -2.19.